The molecule has 2 aromatic carbocycles. The lowest BCUT2D eigenvalue weighted by Crippen LogP contribution is -2.35. The molecule has 0 bridgehead atoms. The molecule has 6 nitrogen and oxygen atoms in total. The van der Waals surface area contributed by atoms with Crippen LogP contribution in [0.2, 0.25) is 0 Å². The second-order valence-corrected chi connectivity index (χ2v) is 6.81. The highest BCUT2D eigenvalue weighted by Crippen LogP contribution is 2.35. The molecule has 1 aliphatic rings. The van der Waals surface area contributed by atoms with E-state index in [9.17, 15) is 9.59 Å². The van der Waals surface area contributed by atoms with Gasteiger partial charge in [-0.2, -0.15) is 5.10 Å². The Labute approximate surface area is 176 Å². The predicted molar refractivity (Wildman–Crippen MR) is 118 cm³/mol. The van der Waals surface area contributed by atoms with E-state index in [0.717, 1.165) is 11.3 Å². The van der Waals surface area contributed by atoms with Crippen LogP contribution in [0.3, 0.4) is 0 Å². The van der Waals surface area contributed by atoms with Crippen LogP contribution in [0.25, 0.3) is 0 Å². The normalized spacial score (nSPS) is 15.3. The number of carbonyl (C=O) groups excluding carboxylic acids is 2. The van der Waals surface area contributed by atoms with Crippen LogP contribution >= 0.6 is 0 Å². The molecule has 1 atom stereocenters. The summed E-state index contributed by atoms with van der Waals surface area (Å²) in [4.78, 5) is 26.5. The van der Waals surface area contributed by atoms with Crippen LogP contribution in [0.15, 0.2) is 91.1 Å². The molecule has 0 radical (unpaired) electrons. The second-order valence-electron chi connectivity index (χ2n) is 6.81. The number of esters is 1. The van der Waals surface area contributed by atoms with Gasteiger partial charge in [0.25, 0.3) is 5.91 Å². The Hall–Kier alpha value is -3.67. The second kappa shape index (κ2) is 10.2. The number of nitrogens with zero attached hydrogens (tertiary/aromatic N) is 3. The highest BCUT2D eigenvalue weighted by atomic mass is 16.5. The van der Waals surface area contributed by atoms with Crippen LogP contribution in [0, 0.1) is 0 Å². The van der Waals surface area contributed by atoms with Gasteiger partial charge in [-0.1, -0.05) is 60.7 Å². The summed E-state index contributed by atoms with van der Waals surface area (Å²) >= 11 is 0. The fourth-order valence-corrected chi connectivity index (χ4v) is 3.28. The van der Waals surface area contributed by atoms with Crippen molar-refractivity contribution < 1.29 is 14.3 Å². The van der Waals surface area contributed by atoms with Crippen molar-refractivity contribution in [2.45, 2.75) is 12.5 Å². The van der Waals surface area contributed by atoms with E-state index in [2.05, 4.69) is 18.3 Å². The molecular weight excluding hydrogens is 378 g/mol. The number of hydrogen-bond donors (Lipinski definition) is 0. The first-order chi connectivity index (χ1) is 14.6. The smallest absolute Gasteiger partial charge is 0.355 e. The van der Waals surface area contributed by atoms with Crippen molar-refractivity contribution in [2.75, 3.05) is 24.7 Å². The zero-order valence-electron chi connectivity index (χ0n) is 16.8. The van der Waals surface area contributed by atoms with Crippen LogP contribution < -0.4 is 5.01 Å². The number of amides is 1. The first kappa shape index (κ1) is 21.0. The number of benzene rings is 2. The first-order valence-corrected chi connectivity index (χ1v) is 9.77. The Balaban J connectivity index is 1.73. The first-order valence-electron chi connectivity index (χ1n) is 9.77. The molecule has 0 N–H and O–H groups in total. The third kappa shape index (κ3) is 5.03. The van der Waals surface area contributed by atoms with Crippen molar-refractivity contribution in [3.05, 3.63) is 91.5 Å². The summed E-state index contributed by atoms with van der Waals surface area (Å²) in [6.45, 7) is 7.65. The molecule has 0 fully saturated rings. The van der Waals surface area contributed by atoms with E-state index in [1.165, 1.54) is 4.90 Å². The Kier molecular flexibility index (Phi) is 7.16. The van der Waals surface area contributed by atoms with Crippen molar-refractivity contribution in [2.24, 2.45) is 5.10 Å². The maximum Gasteiger partial charge on any atom is 0.355 e. The molecule has 30 heavy (non-hydrogen) atoms. The molecule has 0 saturated heterocycles. The molecular formula is C24H25N3O3. The third-order valence-electron chi connectivity index (χ3n) is 4.73. The van der Waals surface area contributed by atoms with E-state index in [0.29, 0.717) is 25.2 Å². The zero-order valence-corrected chi connectivity index (χ0v) is 16.8. The zero-order chi connectivity index (χ0) is 21.3. The SMILES string of the molecule is C=CCN(CC=C)C(=O)COC(=O)C1=NN(c2ccccc2)[C@@H](c2ccccc2)C1. The van der Waals surface area contributed by atoms with Gasteiger partial charge in [-0.15, -0.1) is 13.2 Å². The molecule has 0 aliphatic carbocycles. The lowest BCUT2D eigenvalue weighted by Gasteiger charge is -2.23. The molecule has 1 aliphatic heterocycles. The lowest BCUT2D eigenvalue weighted by molar-refractivity contribution is -0.146. The minimum atomic E-state index is -0.583. The van der Waals surface area contributed by atoms with Gasteiger partial charge in [0.15, 0.2) is 6.61 Å². The van der Waals surface area contributed by atoms with Crippen LogP contribution in [0.5, 0.6) is 0 Å². The fraction of sp³-hybridized carbons (Fsp3) is 0.208. The maximum atomic E-state index is 12.7. The minimum absolute atomic E-state index is 0.120. The Morgan fingerprint density at radius 1 is 1.03 bits per heavy atom. The molecule has 154 valence electrons. The number of anilines is 1. The monoisotopic (exact) mass is 403 g/mol. The minimum Gasteiger partial charge on any atom is -0.451 e. The van der Waals surface area contributed by atoms with E-state index in [1.54, 1.807) is 12.2 Å². The number of rotatable bonds is 9. The van der Waals surface area contributed by atoms with Gasteiger partial charge in [0.1, 0.15) is 5.71 Å². The summed E-state index contributed by atoms with van der Waals surface area (Å²) in [7, 11) is 0. The van der Waals surface area contributed by atoms with Crippen LogP contribution in [0.1, 0.15) is 18.0 Å². The van der Waals surface area contributed by atoms with E-state index in [4.69, 9.17) is 4.74 Å². The summed E-state index contributed by atoms with van der Waals surface area (Å²) < 4.78 is 5.27. The average Bonchev–Trinajstić information content (AvgIpc) is 3.24. The van der Waals surface area contributed by atoms with Gasteiger partial charge < -0.3 is 9.64 Å². The fourth-order valence-electron chi connectivity index (χ4n) is 3.28. The van der Waals surface area contributed by atoms with Gasteiger partial charge in [-0.25, -0.2) is 4.79 Å². The van der Waals surface area contributed by atoms with Gasteiger partial charge in [0.2, 0.25) is 0 Å². The summed E-state index contributed by atoms with van der Waals surface area (Å²) in [5, 5.41) is 6.36. The molecule has 0 unspecified atom stereocenters. The Morgan fingerprint density at radius 3 is 2.23 bits per heavy atom. The van der Waals surface area contributed by atoms with E-state index >= 15 is 0 Å². The number of carbonyl (C=O) groups is 2. The van der Waals surface area contributed by atoms with Crippen molar-refractivity contribution in [1.29, 1.82) is 0 Å². The number of para-hydroxylation sites is 1. The lowest BCUT2D eigenvalue weighted by atomic mass is 10.0. The maximum absolute atomic E-state index is 12.7. The largest absolute Gasteiger partial charge is 0.451 e. The van der Waals surface area contributed by atoms with E-state index in [1.807, 2.05) is 65.7 Å². The molecule has 1 amide bonds. The molecule has 1 heterocycles. The van der Waals surface area contributed by atoms with Gasteiger partial charge >= 0.3 is 5.97 Å². The topological polar surface area (TPSA) is 62.2 Å². The Morgan fingerprint density at radius 2 is 1.63 bits per heavy atom. The number of hydrazone groups is 1. The summed E-state index contributed by atoms with van der Waals surface area (Å²) in [5.41, 5.74) is 2.22. The van der Waals surface area contributed by atoms with Gasteiger partial charge in [-0.05, 0) is 17.7 Å². The molecule has 2 aromatic rings. The Bertz CT molecular complexity index is 915. The number of hydrogen-bond acceptors (Lipinski definition) is 5. The van der Waals surface area contributed by atoms with Crippen molar-refractivity contribution in [1.82, 2.24) is 4.90 Å². The summed E-state index contributed by atoms with van der Waals surface area (Å²) in [6.07, 6.45) is 3.63. The summed E-state index contributed by atoms with van der Waals surface area (Å²) in [6, 6.07) is 19.4. The third-order valence-corrected chi connectivity index (χ3v) is 4.73. The quantitative estimate of drug-likeness (QED) is 0.473. The average molecular weight is 403 g/mol. The van der Waals surface area contributed by atoms with E-state index < -0.39 is 5.97 Å². The highest BCUT2D eigenvalue weighted by molar-refractivity contribution is 6.37. The molecule has 0 aromatic heterocycles. The molecule has 6 heteroatoms. The summed E-state index contributed by atoms with van der Waals surface area (Å²) in [5.74, 6) is -0.888. The highest BCUT2D eigenvalue weighted by Gasteiger charge is 2.33. The number of ether oxygens (including phenoxy) is 1. The van der Waals surface area contributed by atoms with Gasteiger partial charge in [-0.3, -0.25) is 9.80 Å². The van der Waals surface area contributed by atoms with Gasteiger partial charge in [0, 0.05) is 19.5 Å². The standard InChI is InChI=1S/C24H25N3O3/c1-3-15-26(16-4-2)23(28)18-30-24(29)21-17-22(19-11-7-5-8-12-19)27(25-21)20-13-9-6-10-14-20/h3-14,22H,1-2,15-18H2/t22-/m1/s1. The van der Waals surface area contributed by atoms with Crippen molar-refractivity contribution in [3.63, 3.8) is 0 Å². The van der Waals surface area contributed by atoms with Crippen molar-refractivity contribution in [3.8, 4) is 0 Å². The van der Waals surface area contributed by atoms with Crippen LogP contribution in [-0.2, 0) is 14.3 Å². The predicted octanol–water partition coefficient (Wildman–Crippen LogP) is 3.74. The van der Waals surface area contributed by atoms with Crippen molar-refractivity contribution >= 4 is 23.3 Å². The van der Waals surface area contributed by atoms with Gasteiger partial charge in [0.05, 0.1) is 11.7 Å². The molecule has 0 spiro atoms. The van der Waals surface area contributed by atoms with Crippen LogP contribution in [0.4, 0.5) is 5.69 Å². The molecule has 3 rings (SSSR count). The molecule has 0 saturated carbocycles. The van der Waals surface area contributed by atoms with Crippen LogP contribution in [-0.4, -0.2) is 42.2 Å². The van der Waals surface area contributed by atoms with E-state index in [-0.39, 0.29) is 18.6 Å².